The van der Waals surface area contributed by atoms with Gasteiger partial charge < -0.3 is 25.2 Å². The zero-order valence-electron chi connectivity index (χ0n) is 14.9. The van der Waals surface area contributed by atoms with Crippen LogP contribution in [0.4, 0.5) is 0 Å². The lowest BCUT2D eigenvalue weighted by molar-refractivity contribution is -0.0559. The fraction of sp³-hybridized carbons (Fsp3) is 0.368. The van der Waals surface area contributed by atoms with E-state index in [0.717, 1.165) is 4.57 Å². The highest BCUT2D eigenvalue weighted by molar-refractivity contribution is 5.38. The SMILES string of the molecule is Cc1c(C#CC(O)c2ccccc2)c(=O)[nH]c(=O)n1[C@@H]1O[C@H](CO)[C@@H](O)[C@H]1O. The number of hydrogen-bond acceptors (Lipinski definition) is 7. The van der Waals surface area contributed by atoms with E-state index in [-0.39, 0.29) is 11.3 Å². The Morgan fingerprint density at radius 2 is 1.89 bits per heavy atom. The highest BCUT2D eigenvalue weighted by Gasteiger charge is 2.44. The topological polar surface area (TPSA) is 145 Å². The van der Waals surface area contributed by atoms with E-state index in [1.807, 2.05) is 0 Å². The van der Waals surface area contributed by atoms with Gasteiger partial charge in [0.15, 0.2) is 6.23 Å². The molecule has 1 aliphatic heterocycles. The fourth-order valence-corrected chi connectivity index (χ4v) is 3.06. The van der Waals surface area contributed by atoms with Gasteiger partial charge in [0, 0.05) is 5.69 Å². The van der Waals surface area contributed by atoms with E-state index in [9.17, 15) is 30.0 Å². The van der Waals surface area contributed by atoms with E-state index >= 15 is 0 Å². The second-order valence-electron chi connectivity index (χ2n) is 6.40. The second kappa shape index (κ2) is 8.10. The normalized spacial score (nSPS) is 25.2. The van der Waals surface area contributed by atoms with Crippen LogP contribution in [0, 0.1) is 18.8 Å². The molecule has 0 bridgehead atoms. The van der Waals surface area contributed by atoms with Crippen LogP contribution in [0.5, 0.6) is 0 Å². The summed E-state index contributed by atoms with van der Waals surface area (Å²) in [6.45, 7) is 0.881. The summed E-state index contributed by atoms with van der Waals surface area (Å²) in [7, 11) is 0. The Morgan fingerprint density at radius 3 is 2.50 bits per heavy atom. The van der Waals surface area contributed by atoms with Crippen molar-refractivity contribution in [1.82, 2.24) is 9.55 Å². The molecule has 0 spiro atoms. The van der Waals surface area contributed by atoms with E-state index in [2.05, 4.69) is 16.8 Å². The number of benzene rings is 1. The van der Waals surface area contributed by atoms with Crippen molar-refractivity contribution in [1.29, 1.82) is 0 Å². The van der Waals surface area contributed by atoms with Crippen LogP contribution in [0.2, 0.25) is 0 Å². The van der Waals surface area contributed by atoms with Crippen molar-refractivity contribution in [2.45, 2.75) is 37.6 Å². The Bertz CT molecular complexity index is 1020. The summed E-state index contributed by atoms with van der Waals surface area (Å²) in [5.41, 5.74) is -1.06. The van der Waals surface area contributed by atoms with Crippen LogP contribution in [0.1, 0.15) is 29.2 Å². The lowest BCUT2D eigenvalue weighted by Gasteiger charge is -2.20. The molecular formula is C19H20N2O7. The minimum Gasteiger partial charge on any atom is -0.394 e. The molecule has 148 valence electrons. The maximum absolute atomic E-state index is 12.3. The minimum absolute atomic E-state index is 0.0904. The summed E-state index contributed by atoms with van der Waals surface area (Å²) >= 11 is 0. The lowest BCUT2D eigenvalue weighted by atomic mass is 10.1. The summed E-state index contributed by atoms with van der Waals surface area (Å²) in [5, 5.41) is 39.5. The van der Waals surface area contributed by atoms with Crippen molar-refractivity contribution in [3.8, 4) is 11.8 Å². The fourth-order valence-electron chi connectivity index (χ4n) is 3.06. The Balaban J connectivity index is 2.02. The Labute approximate surface area is 159 Å². The molecule has 0 saturated carbocycles. The molecule has 5 atom stereocenters. The smallest absolute Gasteiger partial charge is 0.330 e. The molecule has 2 aromatic rings. The third kappa shape index (κ3) is 3.64. The first-order valence-electron chi connectivity index (χ1n) is 8.57. The molecule has 1 aromatic carbocycles. The number of ether oxygens (including phenoxy) is 1. The van der Waals surface area contributed by atoms with E-state index in [1.165, 1.54) is 6.92 Å². The number of aromatic nitrogens is 2. The Morgan fingerprint density at radius 1 is 1.21 bits per heavy atom. The van der Waals surface area contributed by atoms with E-state index in [4.69, 9.17) is 4.74 Å². The van der Waals surface area contributed by atoms with Crippen molar-refractivity contribution >= 4 is 0 Å². The third-order valence-electron chi connectivity index (χ3n) is 4.61. The number of H-pyrrole nitrogens is 1. The van der Waals surface area contributed by atoms with Crippen LogP contribution >= 0.6 is 0 Å². The molecule has 2 heterocycles. The van der Waals surface area contributed by atoms with Gasteiger partial charge in [-0.25, -0.2) is 4.79 Å². The summed E-state index contributed by atoms with van der Waals surface area (Å²) in [6.07, 6.45) is -6.42. The zero-order valence-corrected chi connectivity index (χ0v) is 14.9. The average molecular weight is 388 g/mol. The molecule has 28 heavy (non-hydrogen) atoms. The van der Waals surface area contributed by atoms with Gasteiger partial charge in [0.05, 0.1) is 6.61 Å². The Kier molecular flexibility index (Phi) is 5.79. The molecule has 1 aromatic heterocycles. The summed E-state index contributed by atoms with van der Waals surface area (Å²) in [5.74, 6) is 5.12. The molecule has 0 radical (unpaired) electrons. The summed E-state index contributed by atoms with van der Waals surface area (Å²) < 4.78 is 6.33. The number of hydrogen-bond donors (Lipinski definition) is 5. The molecule has 9 heteroatoms. The summed E-state index contributed by atoms with van der Waals surface area (Å²) in [6, 6.07) is 8.61. The van der Waals surface area contributed by atoms with Crippen molar-refractivity contribution in [2.24, 2.45) is 0 Å². The number of nitrogens with one attached hydrogen (secondary N) is 1. The van der Waals surface area contributed by atoms with Crippen molar-refractivity contribution in [3.05, 3.63) is 68.0 Å². The predicted molar refractivity (Wildman–Crippen MR) is 97.3 cm³/mol. The average Bonchev–Trinajstić information content (AvgIpc) is 2.96. The molecule has 9 nitrogen and oxygen atoms in total. The lowest BCUT2D eigenvalue weighted by Crippen LogP contribution is -2.40. The van der Waals surface area contributed by atoms with Gasteiger partial charge in [-0.05, 0) is 12.5 Å². The van der Waals surface area contributed by atoms with E-state index in [1.54, 1.807) is 30.3 Å². The van der Waals surface area contributed by atoms with E-state index < -0.39 is 48.5 Å². The standard InChI is InChI=1S/C19H20N2O7/c1-10-12(7-8-13(23)11-5-3-2-4-6-11)17(26)20-19(27)21(10)18-16(25)15(24)14(9-22)28-18/h2-6,13-16,18,22-25H,9H2,1H3,(H,20,26,27)/t13?,14-,15-,16-,18-/m1/s1. The first kappa shape index (κ1) is 20.0. The van der Waals surface area contributed by atoms with Crippen LogP contribution in [0.3, 0.4) is 0 Å². The van der Waals surface area contributed by atoms with Gasteiger partial charge in [-0.1, -0.05) is 42.2 Å². The van der Waals surface area contributed by atoms with Gasteiger partial charge in [0.1, 0.15) is 30.0 Å². The monoisotopic (exact) mass is 388 g/mol. The molecule has 5 N–H and O–H groups in total. The third-order valence-corrected chi connectivity index (χ3v) is 4.61. The van der Waals surface area contributed by atoms with Crippen LogP contribution in [0.25, 0.3) is 0 Å². The van der Waals surface area contributed by atoms with Crippen LogP contribution in [-0.4, -0.2) is 54.9 Å². The Hall–Kier alpha value is -2.74. The maximum Gasteiger partial charge on any atom is 0.330 e. The molecule has 1 saturated heterocycles. The number of aromatic amines is 1. The number of rotatable bonds is 3. The number of aliphatic hydroxyl groups excluding tert-OH is 4. The molecule has 1 unspecified atom stereocenters. The highest BCUT2D eigenvalue weighted by atomic mass is 16.6. The zero-order chi connectivity index (χ0) is 20.4. The molecule has 1 aliphatic rings. The van der Waals surface area contributed by atoms with Crippen LogP contribution in [-0.2, 0) is 4.74 Å². The van der Waals surface area contributed by atoms with Gasteiger partial charge in [-0.15, -0.1) is 0 Å². The molecule has 1 fully saturated rings. The van der Waals surface area contributed by atoms with Gasteiger partial charge >= 0.3 is 5.69 Å². The van der Waals surface area contributed by atoms with Crippen LogP contribution < -0.4 is 11.2 Å². The number of nitrogens with zero attached hydrogens (tertiary/aromatic N) is 1. The summed E-state index contributed by atoms with van der Waals surface area (Å²) in [4.78, 5) is 26.6. The van der Waals surface area contributed by atoms with Gasteiger partial charge in [-0.2, -0.15) is 0 Å². The molecular weight excluding hydrogens is 368 g/mol. The van der Waals surface area contributed by atoms with Gasteiger partial charge in [-0.3, -0.25) is 14.3 Å². The first-order chi connectivity index (χ1) is 13.3. The minimum atomic E-state index is -1.49. The predicted octanol–water partition coefficient (Wildman–Crippen LogP) is -1.46. The maximum atomic E-state index is 12.3. The quantitative estimate of drug-likeness (QED) is 0.404. The van der Waals surface area contributed by atoms with Crippen molar-refractivity contribution in [3.63, 3.8) is 0 Å². The van der Waals surface area contributed by atoms with Crippen molar-refractivity contribution in [2.75, 3.05) is 6.61 Å². The van der Waals surface area contributed by atoms with Gasteiger partial charge in [0.2, 0.25) is 0 Å². The first-order valence-corrected chi connectivity index (χ1v) is 8.57. The van der Waals surface area contributed by atoms with Gasteiger partial charge in [0.25, 0.3) is 5.56 Å². The van der Waals surface area contributed by atoms with Crippen LogP contribution in [0.15, 0.2) is 39.9 Å². The number of aliphatic hydroxyl groups is 4. The highest BCUT2D eigenvalue weighted by Crippen LogP contribution is 2.29. The van der Waals surface area contributed by atoms with E-state index in [0.29, 0.717) is 5.56 Å². The molecule has 3 rings (SSSR count). The second-order valence-corrected chi connectivity index (χ2v) is 6.40. The molecule has 0 aliphatic carbocycles. The largest absolute Gasteiger partial charge is 0.394 e. The van der Waals surface area contributed by atoms with Crippen molar-refractivity contribution < 1.29 is 25.2 Å². The molecule has 0 amide bonds.